The average Bonchev–Trinajstić information content (AvgIpc) is 4.00. The molecule has 2 aromatic rings. The largest absolute Gasteiger partial charge is 0.469 e. The number of fused-ring (bicyclic) bond motifs is 4. The standard InChI is InChI=1S/C15H20FIN2O3.C15H20FN2O3.3C4H9.Sn/c1-21-15(20)13-10(14-18-8-12(17)22-14)7-9-3-4-11(13)19(9)6-2-5-16;1-20-15(19)13-11(14-17-6-8-21-14)9-10-3-4-12(13)18(10)7-2-5-16;3*1-3-4-2;/h8-11,13H,2-7H2,1H3;6,10-13H,2-5,7,9H2,1H3;3*1,3-4H2,2H3;/i17-4;;;;;. The number of carbonyl (C=O) groups is 2. The Labute approximate surface area is 351 Å². The zero-order valence-electron chi connectivity index (χ0n) is 34.5. The molecule has 0 amide bonds. The molecule has 14 heteroatoms. The minimum atomic E-state index is -2.71. The first-order chi connectivity index (χ1) is 27.2. The Morgan fingerprint density at radius 3 is 1.57 bits per heavy atom. The molecule has 0 saturated carbocycles. The molecule has 56 heavy (non-hydrogen) atoms. The average molecular weight is 1000 g/mol. The van der Waals surface area contributed by atoms with Crippen molar-refractivity contribution < 1.29 is 36.7 Å². The molecule has 4 saturated heterocycles. The number of esters is 2. The van der Waals surface area contributed by atoms with Crippen LogP contribution in [-0.4, -0.2) is 115 Å². The molecule has 6 heterocycles. The van der Waals surface area contributed by atoms with E-state index in [1.165, 1.54) is 69.8 Å². The van der Waals surface area contributed by atoms with Gasteiger partial charge < -0.3 is 9.15 Å². The number of halogens is 3. The number of hydrogen-bond acceptors (Lipinski definition) is 10. The maximum atomic E-state index is 13.0. The zero-order valence-corrected chi connectivity index (χ0v) is 39.5. The van der Waals surface area contributed by atoms with E-state index in [0.717, 1.165) is 48.2 Å². The van der Waals surface area contributed by atoms with E-state index in [-0.39, 0.29) is 61.0 Å². The van der Waals surface area contributed by atoms with Crippen molar-refractivity contribution in [1.82, 2.24) is 19.8 Å². The molecule has 8 unspecified atom stereocenters. The predicted molar refractivity (Wildman–Crippen MR) is 224 cm³/mol. The van der Waals surface area contributed by atoms with Crippen LogP contribution in [0.1, 0.15) is 134 Å². The number of piperidine rings is 2. The summed E-state index contributed by atoms with van der Waals surface area (Å²) < 4.78 is 54.2. The molecule has 4 fully saturated rings. The van der Waals surface area contributed by atoms with E-state index >= 15 is 0 Å². The Kier molecular flexibility index (Phi) is 18.2. The summed E-state index contributed by atoms with van der Waals surface area (Å²) in [5, 5.41) is 0. The Morgan fingerprint density at radius 2 is 1.18 bits per heavy atom. The van der Waals surface area contributed by atoms with Gasteiger partial charge >= 0.3 is 217 Å². The van der Waals surface area contributed by atoms with Gasteiger partial charge in [-0.05, 0) is 25.7 Å². The van der Waals surface area contributed by atoms with E-state index in [9.17, 15) is 18.4 Å². The van der Waals surface area contributed by atoms with Gasteiger partial charge in [-0.1, -0.05) is 0 Å². The maximum Gasteiger partial charge on any atom is 0.311 e. The number of hydrogen-bond donors (Lipinski definition) is 0. The van der Waals surface area contributed by atoms with E-state index in [2.05, 4.69) is 64.3 Å². The third kappa shape index (κ3) is 10.5. The van der Waals surface area contributed by atoms with Gasteiger partial charge in [0.1, 0.15) is 0 Å². The second-order valence-electron chi connectivity index (χ2n) is 16.6. The molecule has 6 rings (SSSR count). The monoisotopic (exact) mass is 1000 g/mol. The van der Waals surface area contributed by atoms with E-state index in [1.807, 2.05) is 0 Å². The fourth-order valence-corrected chi connectivity index (χ4v) is 26.0. The fraction of sp³-hybridized carbons (Fsp3) is 0.810. The molecule has 0 radical (unpaired) electrons. The summed E-state index contributed by atoms with van der Waals surface area (Å²) in [6.07, 6.45) is 18.0. The normalized spacial score (nSPS) is 27.6. The first kappa shape index (κ1) is 45.7. The molecule has 0 spiro atoms. The number of unbranched alkanes of at least 4 members (excludes halogenated alkanes) is 3. The maximum absolute atomic E-state index is 13.0. The van der Waals surface area contributed by atoms with Crippen molar-refractivity contribution in [3.63, 3.8) is 0 Å². The number of oxazole rings is 2. The van der Waals surface area contributed by atoms with E-state index in [0.29, 0.717) is 43.9 Å². The van der Waals surface area contributed by atoms with Crippen LogP contribution in [0.15, 0.2) is 21.2 Å². The Balaban J connectivity index is 0.000000234. The van der Waals surface area contributed by atoms with Crippen molar-refractivity contribution in [3.8, 4) is 0 Å². The van der Waals surface area contributed by atoms with Crippen LogP contribution in [0.25, 0.3) is 0 Å². The van der Waals surface area contributed by atoms with Crippen LogP contribution >= 0.6 is 22.6 Å². The molecule has 10 nitrogen and oxygen atoms in total. The number of aromatic nitrogens is 2. The van der Waals surface area contributed by atoms with Gasteiger partial charge in [0, 0.05) is 41.2 Å². The number of methoxy groups -OCH3 is 2. The summed E-state index contributed by atoms with van der Waals surface area (Å²) in [5.41, 5.74) is 0. The van der Waals surface area contributed by atoms with Crippen LogP contribution in [0, 0.1) is 15.6 Å². The summed E-state index contributed by atoms with van der Waals surface area (Å²) >= 11 is -0.631. The fourth-order valence-electron chi connectivity index (χ4n) is 10.7. The van der Waals surface area contributed by atoms with Gasteiger partial charge in [-0.2, -0.15) is 0 Å². The third-order valence-corrected chi connectivity index (χ3v) is 28.7. The minimum Gasteiger partial charge on any atom is -0.469 e. The van der Waals surface area contributed by atoms with Gasteiger partial charge in [0.15, 0.2) is 9.66 Å². The number of nitrogens with zero attached hydrogens (tertiary/aromatic N) is 4. The van der Waals surface area contributed by atoms with E-state index in [1.54, 1.807) is 6.20 Å². The summed E-state index contributed by atoms with van der Waals surface area (Å²) in [6, 6.07) is 0.970. The van der Waals surface area contributed by atoms with E-state index < -0.39 is 18.4 Å². The molecule has 2 aromatic heterocycles. The van der Waals surface area contributed by atoms with Crippen molar-refractivity contribution in [3.05, 3.63) is 27.9 Å². The summed E-state index contributed by atoms with van der Waals surface area (Å²) in [4.78, 5) is 39.3. The first-order valence-electron chi connectivity index (χ1n) is 21.6. The van der Waals surface area contributed by atoms with Gasteiger partial charge in [-0.25, -0.2) is 4.98 Å². The molecule has 0 N–H and O–H groups in total. The van der Waals surface area contributed by atoms with Gasteiger partial charge in [0.05, 0.1) is 31.8 Å². The van der Waals surface area contributed by atoms with Crippen molar-refractivity contribution in [2.24, 2.45) is 11.8 Å². The Bertz CT molecular complexity index is 1490. The molecule has 4 bridgehead atoms. The van der Waals surface area contributed by atoms with Crippen LogP contribution in [-0.2, 0) is 19.1 Å². The smallest absolute Gasteiger partial charge is 0.311 e. The van der Waals surface area contributed by atoms with Gasteiger partial charge in [0.2, 0.25) is 0 Å². The first-order valence-corrected chi connectivity index (χ1v) is 30.1. The van der Waals surface area contributed by atoms with Gasteiger partial charge in [-0.15, -0.1) is 0 Å². The number of rotatable bonds is 20. The van der Waals surface area contributed by atoms with Gasteiger partial charge in [0.25, 0.3) is 0 Å². The SMILES string of the molecule is CCC[CH2][Sn]([CH2]CCC)([CH2]CCC)[c]1cnc(C2CC3CCC(C2C(=O)OC)N3CCCF)o1.COC(=O)C1C(c2ncc([123I])o2)CC2CCC1N2CCCF. The van der Waals surface area contributed by atoms with Crippen LogP contribution in [0.4, 0.5) is 8.78 Å². The summed E-state index contributed by atoms with van der Waals surface area (Å²) in [5.74, 6) is 0.369. The molecule has 0 aromatic carbocycles. The quantitative estimate of drug-likeness (QED) is 0.0725. The second-order valence-corrected chi connectivity index (χ2v) is 30.7. The van der Waals surface area contributed by atoms with Crippen molar-refractivity contribution in [1.29, 1.82) is 0 Å². The molecule has 316 valence electrons. The number of carbonyl (C=O) groups excluding carboxylic acids is 2. The van der Waals surface area contributed by atoms with Crippen molar-refractivity contribution in [2.75, 3.05) is 40.7 Å². The third-order valence-electron chi connectivity index (χ3n) is 13.4. The van der Waals surface area contributed by atoms with Crippen LogP contribution in [0.2, 0.25) is 13.3 Å². The molecule has 4 aliphatic heterocycles. The number of alkyl halides is 2. The molecule has 4 aliphatic rings. The van der Waals surface area contributed by atoms with Crippen molar-refractivity contribution in [2.45, 2.75) is 160 Å². The zero-order chi connectivity index (χ0) is 40.2. The van der Waals surface area contributed by atoms with Gasteiger partial charge in [-0.3, -0.25) is 14.1 Å². The summed E-state index contributed by atoms with van der Waals surface area (Å²) in [7, 11) is 2.90. The van der Waals surface area contributed by atoms with Crippen LogP contribution in [0.5, 0.6) is 0 Å². The molecular formula is C42H67F2IN4O6Sn. The number of ether oxygens (including phenoxy) is 2. The van der Waals surface area contributed by atoms with Crippen molar-refractivity contribution >= 4 is 56.7 Å². The molecule has 0 aliphatic carbocycles. The van der Waals surface area contributed by atoms with Crippen LogP contribution in [0.3, 0.4) is 0 Å². The summed E-state index contributed by atoms with van der Waals surface area (Å²) in [6.45, 7) is 7.65. The second kappa shape index (κ2) is 22.3. The van der Waals surface area contributed by atoms with Crippen LogP contribution < -0.4 is 3.78 Å². The minimum absolute atomic E-state index is 0.0344. The molecule has 8 atom stereocenters. The topological polar surface area (TPSA) is 111 Å². The van der Waals surface area contributed by atoms with E-state index in [4.69, 9.17) is 23.3 Å². The Morgan fingerprint density at radius 1 is 0.732 bits per heavy atom. The predicted octanol–water partition coefficient (Wildman–Crippen LogP) is 8.95. The molecular weight excluding hydrogens is 936 g/mol. The Hall–Kier alpha value is -1.33.